The largest absolute Gasteiger partial charge is 0.462 e. The Labute approximate surface area is 168 Å². The first-order valence-corrected chi connectivity index (χ1v) is 9.06. The lowest BCUT2D eigenvalue weighted by Gasteiger charge is -2.16. The predicted molar refractivity (Wildman–Crippen MR) is 109 cm³/mol. The lowest BCUT2D eigenvalue weighted by Crippen LogP contribution is -2.36. The van der Waals surface area contributed by atoms with Crippen LogP contribution in [0, 0.1) is 0 Å². The summed E-state index contributed by atoms with van der Waals surface area (Å²) < 4.78 is 4.91. The normalized spacial score (nSPS) is 10.4. The summed E-state index contributed by atoms with van der Waals surface area (Å²) in [6.07, 6.45) is 0. The van der Waals surface area contributed by atoms with Gasteiger partial charge >= 0.3 is 5.97 Å². The molecule has 0 aliphatic carbocycles. The number of rotatable bonds is 8. The van der Waals surface area contributed by atoms with E-state index in [0.29, 0.717) is 28.6 Å². The number of anilines is 2. The number of likely N-dealkylation sites (N-methyl/N-ethyl adjacent to an activating group) is 1. The number of hydrogen-bond donors (Lipinski definition) is 2. The molecule has 0 aromatic heterocycles. The van der Waals surface area contributed by atoms with Crippen molar-refractivity contribution in [3.8, 4) is 0 Å². The molecule has 0 aliphatic rings. The first kappa shape index (κ1) is 21.4. The number of esters is 1. The summed E-state index contributed by atoms with van der Waals surface area (Å²) in [4.78, 5) is 37.4. The topological polar surface area (TPSA) is 87.7 Å². The molecule has 28 heavy (non-hydrogen) atoms. The van der Waals surface area contributed by atoms with Gasteiger partial charge in [-0.2, -0.15) is 0 Å². The van der Waals surface area contributed by atoms with E-state index >= 15 is 0 Å². The van der Waals surface area contributed by atoms with Crippen molar-refractivity contribution in [3.63, 3.8) is 0 Å². The van der Waals surface area contributed by atoms with Crippen molar-refractivity contribution >= 4 is 40.8 Å². The highest BCUT2D eigenvalue weighted by molar-refractivity contribution is 6.33. The Hall–Kier alpha value is -2.90. The van der Waals surface area contributed by atoms with Crippen LogP contribution in [0.3, 0.4) is 0 Å². The van der Waals surface area contributed by atoms with E-state index in [0.717, 1.165) is 0 Å². The summed E-state index contributed by atoms with van der Waals surface area (Å²) in [5, 5.41) is 5.87. The molecular weight excluding hydrogens is 382 g/mol. The second-order valence-corrected chi connectivity index (χ2v) is 6.45. The van der Waals surface area contributed by atoms with Crippen LogP contribution < -0.4 is 10.6 Å². The number of hydrogen-bond acceptors (Lipinski definition) is 5. The number of ether oxygens (including phenoxy) is 1. The fourth-order valence-corrected chi connectivity index (χ4v) is 2.59. The third kappa shape index (κ3) is 6.68. The van der Waals surface area contributed by atoms with Crippen LogP contribution in [-0.2, 0) is 14.3 Å². The molecule has 2 N–H and O–H groups in total. The summed E-state index contributed by atoms with van der Waals surface area (Å²) in [6, 6.07) is 13.3. The minimum Gasteiger partial charge on any atom is -0.462 e. The summed E-state index contributed by atoms with van der Waals surface area (Å²) >= 11 is 6.01. The van der Waals surface area contributed by atoms with Gasteiger partial charge in [0.2, 0.25) is 11.8 Å². The highest BCUT2D eigenvalue weighted by atomic mass is 35.5. The van der Waals surface area contributed by atoms with Gasteiger partial charge in [-0.15, -0.1) is 0 Å². The maximum Gasteiger partial charge on any atom is 0.338 e. The summed E-state index contributed by atoms with van der Waals surface area (Å²) in [6.45, 7) is 2.08. The number of benzene rings is 2. The second-order valence-electron chi connectivity index (χ2n) is 6.05. The van der Waals surface area contributed by atoms with Crippen molar-refractivity contribution < 1.29 is 19.1 Å². The molecule has 0 unspecified atom stereocenters. The van der Waals surface area contributed by atoms with Crippen LogP contribution in [0.25, 0.3) is 0 Å². The average molecular weight is 404 g/mol. The van der Waals surface area contributed by atoms with E-state index in [1.54, 1.807) is 67.4 Å². The second kappa shape index (κ2) is 10.4. The maximum absolute atomic E-state index is 12.1. The number of nitrogens with zero attached hydrogens (tertiary/aromatic N) is 1. The quantitative estimate of drug-likeness (QED) is 0.661. The zero-order chi connectivity index (χ0) is 20.5. The van der Waals surface area contributed by atoms with Crippen molar-refractivity contribution in [2.45, 2.75) is 6.92 Å². The highest BCUT2D eigenvalue weighted by Crippen LogP contribution is 2.20. The van der Waals surface area contributed by atoms with Gasteiger partial charge in [0, 0.05) is 5.69 Å². The first-order chi connectivity index (χ1) is 13.4. The zero-order valence-electron chi connectivity index (χ0n) is 15.7. The molecule has 2 aromatic carbocycles. The summed E-state index contributed by atoms with van der Waals surface area (Å²) in [7, 11) is 1.66. The minimum atomic E-state index is -0.412. The number of para-hydroxylation sites is 1. The zero-order valence-corrected chi connectivity index (χ0v) is 16.5. The van der Waals surface area contributed by atoms with Crippen molar-refractivity contribution in [1.29, 1.82) is 0 Å². The molecular formula is C20H22ClN3O4. The molecule has 2 aromatic rings. The molecule has 2 amide bonds. The number of carbonyl (C=O) groups is 3. The Morgan fingerprint density at radius 1 is 0.964 bits per heavy atom. The van der Waals surface area contributed by atoms with Crippen LogP contribution in [0.5, 0.6) is 0 Å². The van der Waals surface area contributed by atoms with E-state index in [1.165, 1.54) is 0 Å². The number of amides is 2. The van der Waals surface area contributed by atoms with Crippen molar-refractivity contribution in [2.24, 2.45) is 0 Å². The fourth-order valence-electron chi connectivity index (χ4n) is 2.40. The Balaban J connectivity index is 1.81. The van der Waals surface area contributed by atoms with Crippen LogP contribution >= 0.6 is 11.6 Å². The molecule has 7 nitrogen and oxygen atoms in total. The monoisotopic (exact) mass is 403 g/mol. The van der Waals surface area contributed by atoms with Gasteiger partial charge in [-0.25, -0.2) is 4.79 Å². The van der Waals surface area contributed by atoms with Crippen LogP contribution in [0.1, 0.15) is 17.3 Å². The lowest BCUT2D eigenvalue weighted by atomic mass is 10.2. The molecule has 148 valence electrons. The fraction of sp³-hybridized carbons (Fsp3) is 0.250. The average Bonchev–Trinajstić information content (AvgIpc) is 2.64. The van der Waals surface area contributed by atoms with Gasteiger partial charge in [0.25, 0.3) is 0 Å². The Morgan fingerprint density at radius 2 is 1.57 bits per heavy atom. The Kier molecular flexibility index (Phi) is 7.98. The Bertz CT molecular complexity index is 840. The molecule has 0 heterocycles. The molecule has 0 spiro atoms. The predicted octanol–water partition coefficient (Wildman–Crippen LogP) is 3.03. The van der Waals surface area contributed by atoms with Crippen LogP contribution in [-0.4, -0.2) is 49.4 Å². The van der Waals surface area contributed by atoms with Crippen LogP contribution in [0.15, 0.2) is 48.5 Å². The molecule has 0 saturated carbocycles. The van der Waals surface area contributed by atoms with Gasteiger partial charge in [-0.3, -0.25) is 14.5 Å². The summed E-state index contributed by atoms with van der Waals surface area (Å²) in [5.74, 6) is -0.969. The molecule has 0 bridgehead atoms. The van der Waals surface area contributed by atoms with Gasteiger partial charge in [0.05, 0.1) is 36.0 Å². The number of halogens is 1. The van der Waals surface area contributed by atoms with E-state index in [-0.39, 0.29) is 24.9 Å². The highest BCUT2D eigenvalue weighted by Gasteiger charge is 2.13. The minimum absolute atomic E-state index is 0.0234. The van der Waals surface area contributed by atoms with Crippen molar-refractivity contribution in [2.75, 3.05) is 37.4 Å². The molecule has 8 heteroatoms. The van der Waals surface area contributed by atoms with Gasteiger partial charge in [-0.05, 0) is 50.4 Å². The van der Waals surface area contributed by atoms with Gasteiger partial charge < -0.3 is 15.4 Å². The molecule has 0 fully saturated rings. The molecule has 0 radical (unpaired) electrons. The first-order valence-electron chi connectivity index (χ1n) is 8.69. The maximum atomic E-state index is 12.1. The van der Waals surface area contributed by atoms with E-state index in [9.17, 15) is 14.4 Å². The van der Waals surface area contributed by atoms with E-state index in [2.05, 4.69) is 10.6 Å². The van der Waals surface area contributed by atoms with Crippen LogP contribution in [0.4, 0.5) is 11.4 Å². The molecule has 0 saturated heterocycles. The van der Waals surface area contributed by atoms with E-state index in [4.69, 9.17) is 16.3 Å². The lowest BCUT2D eigenvalue weighted by molar-refractivity contribution is -0.119. The van der Waals surface area contributed by atoms with Crippen LogP contribution in [0.2, 0.25) is 5.02 Å². The number of nitrogens with one attached hydrogen (secondary N) is 2. The van der Waals surface area contributed by atoms with E-state index in [1.807, 2.05) is 0 Å². The third-order valence-corrected chi connectivity index (χ3v) is 3.98. The number of carbonyl (C=O) groups excluding carboxylic acids is 3. The third-order valence-electron chi connectivity index (χ3n) is 3.65. The molecule has 0 aliphatic heterocycles. The van der Waals surface area contributed by atoms with Gasteiger partial charge in [0.15, 0.2) is 0 Å². The smallest absolute Gasteiger partial charge is 0.338 e. The van der Waals surface area contributed by atoms with E-state index < -0.39 is 5.97 Å². The summed E-state index contributed by atoms with van der Waals surface area (Å²) in [5.41, 5.74) is 1.48. The molecule has 0 atom stereocenters. The SMILES string of the molecule is CCOC(=O)c1ccc(NC(=O)CN(C)CC(=O)Nc2ccccc2Cl)cc1. The van der Waals surface area contributed by atoms with Gasteiger partial charge in [-0.1, -0.05) is 23.7 Å². The Morgan fingerprint density at radius 3 is 2.18 bits per heavy atom. The standard InChI is InChI=1S/C20H22ClN3O4/c1-3-28-20(27)14-8-10-15(11-9-14)22-18(25)12-24(2)13-19(26)23-17-7-5-4-6-16(17)21/h4-11H,3,12-13H2,1-2H3,(H,22,25)(H,23,26). The van der Waals surface area contributed by atoms with Crippen molar-refractivity contribution in [3.05, 3.63) is 59.1 Å². The molecule has 2 rings (SSSR count). The van der Waals surface area contributed by atoms with Gasteiger partial charge in [0.1, 0.15) is 0 Å². The van der Waals surface area contributed by atoms with Crippen molar-refractivity contribution in [1.82, 2.24) is 4.90 Å².